The first-order valence-electron chi connectivity index (χ1n) is 7.09. The first kappa shape index (κ1) is 12.2. The molecule has 3 aliphatic rings. The van der Waals surface area contributed by atoms with Gasteiger partial charge in [0.15, 0.2) is 0 Å². The third-order valence-electron chi connectivity index (χ3n) is 5.86. The van der Waals surface area contributed by atoms with Gasteiger partial charge >= 0.3 is 5.97 Å². The minimum Gasteiger partial charge on any atom is -0.459 e. The Morgan fingerprint density at radius 1 is 1.22 bits per heavy atom. The average molecular weight is 250 g/mol. The molecular formula is C15H22O3. The summed E-state index contributed by atoms with van der Waals surface area (Å²) in [5.74, 6) is 1.54. The van der Waals surface area contributed by atoms with Crippen molar-refractivity contribution in [3.8, 4) is 0 Å². The molecule has 0 aromatic heterocycles. The van der Waals surface area contributed by atoms with Crippen molar-refractivity contribution >= 4 is 11.8 Å². The molecule has 0 radical (unpaired) electrons. The van der Waals surface area contributed by atoms with Crippen LogP contribution < -0.4 is 0 Å². The van der Waals surface area contributed by atoms with Crippen molar-refractivity contribution in [1.82, 2.24) is 0 Å². The summed E-state index contributed by atoms with van der Waals surface area (Å²) in [5.41, 5.74) is -0.354. The number of rotatable bonds is 0. The lowest BCUT2D eigenvalue weighted by Crippen LogP contribution is -2.55. The second-order valence-electron chi connectivity index (χ2n) is 7.09. The van der Waals surface area contributed by atoms with E-state index >= 15 is 0 Å². The molecule has 0 aromatic rings. The second-order valence-corrected chi connectivity index (χ2v) is 7.09. The van der Waals surface area contributed by atoms with Crippen LogP contribution in [0.5, 0.6) is 0 Å². The first-order chi connectivity index (χ1) is 8.35. The number of hydrogen-bond acceptors (Lipinski definition) is 3. The highest BCUT2D eigenvalue weighted by molar-refractivity contribution is 5.81. The maximum absolute atomic E-state index is 12.0. The Balaban J connectivity index is 2.00. The molecular weight excluding hydrogens is 228 g/mol. The standard InChI is InChI=1S/C15H22O3/c1-9-6-10(16)8-14(2)11(9)4-5-15(3)12(14)7-13(17)18-15/h9,11-12H,4-8H2,1-3H3/t9-,11?,12+,14-,15+/m0/s1. The molecule has 5 atom stereocenters. The Kier molecular flexibility index (Phi) is 2.43. The fourth-order valence-electron chi connectivity index (χ4n) is 5.13. The van der Waals surface area contributed by atoms with Crippen molar-refractivity contribution in [1.29, 1.82) is 0 Å². The SMILES string of the molecule is C[C@H]1CC(=O)C[C@@]2(C)C1CC[C@@]1(C)OC(=O)C[C@@H]12. The van der Waals surface area contributed by atoms with E-state index in [-0.39, 0.29) is 22.9 Å². The van der Waals surface area contributed by atoms with E-state index in [4.69, 9.17) is 4.74 Å². The van der Waals surface area contributed by atoms with Gasteiger partial charge in [-0.25, -0.2) is 0 Å². The van der Waals surface area contributed by atoms with Crippen LogP contribution in [0, 0.1) is 23.2 Å². The quantitative estimate of drug-likeness (QED) is 0.621. The smallest absolute Gasteiger partial charge is 0.306 e. The van der Waals surface area contributed by atoms with Crippen LogP contribution in [-0.2, 0) is 14.3 Å². The summed E-state index contributed by atoms with van der Waals surface area (Å²) in [5, 5.41) is 0. The van der Waals surface area contributed by atoms with Crippen LogP contribution in [0.3, 0.4) is 0 Å². The van der Waals surface area contributed by atoms with Crippen molar-refractivity contribution in [3.63, 3.8) is 0 Å². The number of ketones is 1. The monoisotopic (exact) mass is 250 g/mol. The Morgan fingerprint density at radius 2 is 1.94 bits per heavy atom. The van der Waals surface area contributed by atoms with Crippen LogP contribution in [0.25, 0.3) is 0 Å². The van der Waals surface area contributed by atoms with Crippen molar-refractivity contribution in [2.24, 2.45) is 23.2 Å². The number of Topliss-reactive ketones (excluding diaryl/α,β-unsaturated/α-hetero) is 1. The van der Waals surface area contributed by atoms with Crippen molar-refractivity contribution in [2.45, 2.75) is 58.5 Å². The molecule has 18 heavy (non-hydrogen) atoms. The first-order valence-corrected chi connectivity index (χ1v) is 7.09. The van der Waals surface area contributed by atoms with E-state index < -0.39 is 0 Å². The highest BCUT2D eigenvalue weighted by Gasteiger charge is 2.61. The number of ether oxygens (including phenoxy) is 1. The van der Waals surface area contributed by atoms with E-state index in [0.29, 0.717) is 30.5 Å². The van der Waals surface area contributed by atoms with Gasteiger partial charge in [0.1, 0.15) is 11.4 Å². The van der Waals surface area contributed by atoms with Crippen molar-refractivity contribution in [2.75, 3.05) is 0 Å². The van der Waals surface area contributed by atoms with Gasteiger partial charge in [-0.1, -0.05) is 13.8 Å². The zero-order valence-corrected chi connectivity index (χ0v) is 11.5. The third-order valence-corrected chi connectivity index (χ3v) is 5.86. The molecule has 0 spiro atoms. The molecule has 1 unspecified atom stereocenters. The number of esters is 1. The lowest BCUT2D eigenvalue weighted by Gasteiger charge is -2.55. The maximum Gasteiger partial charge on any atom is 0.306 e. The van der Waals surface area contributed by atoms with Gasteiger partial charge < -0.3 is 4.74 Å². The molecule has 1 aliphatic heterocycles. The van der Waals surface area contributed by atoms with Crippen LogP contribution >= 0.6 is 0 Å². The Hall–Kier alpha value is -0.860. The predicted molar refractivity (Wildman–Crippen MR) is 66.8 cm³/mol. The highest BCUT2D eigenvalue weighted by atomic mass is 16.6. The second kappa shape index (κ2) is 3.58. The van der Waals surface area contributed by atoms with Gasteiger partial charge in [0.05, 0.1) is 6.42 Å². The Bertz CT molecular complexity index is 416. The predicted octanol–water partition coefficient (Wildman–Crippen LogP) is 2.72. The topological polar surface area (TPSA) is 43.4 Å². The largest absolute Gasteiger partial charge is 0.459 e. The van der Waals surface area contributed by atoms with Gasteiger partial charge in [-0.2, -0.15) is 0 Å². The molecule has 3 rings (SSSR count). The van der Waals surface area contributed by atoms with Gasteiger partial charge in [-0.15, -0.1) is 0 Å². The normalized spacial score (nSPS) is 51.6. The zero-order valence-electron chi connectivity index (χ0n) is 11.5. The van der Waals surface area contributed by atoms with Crippen molar-refractivity contribution < 1.29 is 14.3 Å². The van der Waals surface area contributed by atoms with E-state index in [1.807, 2.05) is 0 Å². The number of carbonyl (C=O) groups is 2. The van der Waals surface area contributed by atoms with Gasteiger partial charge in [0.25, 0.3) is 0 Å². The highest BCUT2D eigenvalue weighted by Crippen LogP contribution is 2.61. The molecule has 0 N–H and O–H groups in total. The lowest BCUT2D eigenvalue weighted by molar-refractivity contribution is -0.161. The van der Waals surface area contributed by atoms with E-state index in [1.54, 1.807) is 0 Å². The minimum atomic E-state index is -0.320. The summed E-state index contributed by atoms with van der Waals surface area (Å²) >= 11 is 0. The molecule has 2 aliphatic carbocycles. The Labute approximate surface area is 108 Å². The maximum atomic E-state index is 12.0. The lowest BCUT2D eigenvalue weighted by atomic mass is 9.49. The van der Waals surface area contributed by atoms with E-state index in [9.17, 15) is 9.59 Å². The average Bonchev–Trinajstić information content (AvgIpc) is 2.53. The van der Waals surface area contributed by atoms with Crippen LogP contribution in [0.4, 0.5) is 0 Å². The number of hydrogen-bond donors (Lipinski definition) is 0. The van der Waals surface area contributed by atoms with E-state index in [0.717, 1.165) is 19.3 Å². The van der Waals surface area contributed by atoms with E-state index in [1.165, 1.54) is 0 Å². The third kappa shape index (κ3) is 1.49. The molecule has 3 heteroatoms. The summed E-state index contributed by atoms with van der Waals surface area (Å²) in [6, 6.07) is 0. The van der Waals surface area contributed by atoms with E-state index in [2.05, 4.69) is 20.8 Å². The van der Waals surface area contributed by atoms with Crippen LogP contribution in [-0.4, -0.2) is 17.4 Å². The summed E-state index contributed by atoms with van der Waals surface area (Å²) < 4.78 is 5.59. The summed E-state index contributed by atoms with van der Waals surface area (Å²) in [6.45, 7) is 6.48. The van der Waals surface area contributed by atoms with Gasteiger partial charge in [-0.3, -0.25) is 9.59 Å². The van der Waals surface area contributed by atoms with Gasteiger partial charge in [-0.05, 0) is 37.0 Å². The van der Waals surface area contributed by atoms with Crippen LogP contribution in [0.15, 0.2) is 0 Å². The summed E-state index contributed by atoms with van der Waals surface area (Å²) in [4.78, 5) is 23.7. The molecule has 0 aromatic carbocycles. The molecule has 3 nitrogen and oxygen atoms in total. The zero-order chi connectivity index (χ0) is 13.1. The number of fused-ring (bicyclic) bond motifs is 3. The molecule has 1 heterocycles. The fraction of sp³-hybridized carbons (Fsp3) is 0.867. The number of carbonyl (C=O) groups excluding carboxylic acids is 2. The minimum absolute atomic E-state index is 0.0338. The Morgan fingerprint density at radius 3 is 2.67 bits per heavy atom. The van der Waals surface area contributed by atoms with Crippen LogP contribution in [0.1, 0.15) is 52.9 Å². The molecule has 0 bridgehead atoms. The molecule has 0 amide bonds. The summed E-state index contributed by atoms with van der Waals surface area (Å²) in [6.07, 6.45) is 3.91. The fourth-order valence-corrected chi connectivity index (χ4v) is 5.13. The van der Waals surface area contributed by atoms with Crippen LogP contribution in [0.2, 0.25) is 0 Å². The molecule has 3 fully saturated rings. The van der Waals surface area contributed by atoms with Crippen molar-refractivity contribution in [3.05, 3.63) is 0 Å². The van der Waals surface area contributed by atoms with Gasteiger partial charge in [0, 0.05) is 18.8 Å². The summed E-state index contributed by atoms with van der Waals surface area (Å²) in [7, 11) is 0. The van der Waals surface area contributed by atoms with Gasteiger partial charge in [0.2, 0.25) is 0 Å². The molecule has 2 saturated carbocycles. The molecule has 100 valence electrons. The molecule has 1 saturated heterocycles.